The van der Waals surface area contributed by atoms with Crippen molar-refractivity contribution in [3.63, 3.8) is 0 Å². The summed E-state index contributed by atoms with van der Waals surface area (Å²) in [6, 6.07) is 0. The van der Waals surface area contributed by atoms with Crippen LogP contribution in [0.2, 0.25) is 0 Å². The fourth-order valence-corrected chi connectivity index (χ4v) is 12.8. The van der Waals surface area contributed by atoms with Gasteiger partial charge < -0.3 is 27.9 Å². The molecule has 0 rings (SSSR count). The van der Waals surface area contributed by atoms with E-state index in [1.165, 1.54) is 302 Å². The van der Waals surface area contributed by atoms with Crippen molar-refractivity contribution in [2.45, 2.75) is 405 Å². The highest BCUT2D eigenvalue weighted by atomic mass is 31.2. The fraction of sp³-hybridized carbons (Fsp3) is 0.833. The minimum absolute atomic E-state index is 0.0287. The number of quaternary nitrogens is 1. The molecule has 0 N–H and O–H groups in total. The van der Waals surface area contributed by atoms with E-state index in [1.807, 2.05) is 21.1 Å². The van der Waals surface area contributed by atoms with Crippen LogP contribution in [0.3, 0.4) is 0 Å². The molecule has 0 saturated carbocycles. The Bertz CT molecular complexity index is 1820. The van der Waals surface area contributed by atoms with Gasteiger partial charge in [-0.15, -0.1) is 0 Å². The van der Waals surface area contributed by atoms with E-state index in [1.54, 1.807) is 0 Å². The van der Waals surface area contributed by atoms with Crippen LogP contribution in [-0.2, 0) is 32.7 Å². The lowest BCUT2D eigenvalue weighted by Gasteiger charge is -2.28. The van der Waals surface area contributed by atoms with Gasteiger partial charge in [0.25, 0.3) is 7.82 Å². The van der Waals surface area contributed by atoms with E-state index in [9.17, 15) is 19.0 Å². The molecule has 0 amide bonds. The van der Waals surface area contributed by atoms with E-state index in [-0.39, 0.29) is 32.0 Å². The first-order valence-electron chi connectivity index (χ1n) is 40.6. The number of esters is 2. The predicted molar refractivity (Wildman–Crippen MR) is 406 cm³/mol. The summed E-state index contributed by atoms with van der Waals surface area (Å²) in [6.45, 7) is 4.20. The fourth-order valence-electron chi connectivity index (χ4n) is 12.0. The second kappa shape index (κ2) is 74.7. The molecule has 0 aliphatic carbocycles. The van der Waals surface area contributed by atoms with E-state index in [0.29, 0.717) is 17.4 Å². The van der Waals surface area contributed by atoms with Crippen molar-refractivity contribution in [3.05, 3.63) is 72.9 Å². The van der Waals surface area contributed by atoms with Crippen molar-refractivity contribution < 1.29 is 42.1 Å². The lowest BCUT2D eigenvalue weighted by Crippen LogP contribution is -2.37. The number of phosphoric acid groups is 1. The van der Waals surface area contributed by atoms with Gasteiger partial charge in [-0.2, -0.15) is 0 Å². The monoisotopic (exact) mass is 1340 g/mol. The maximum atomic E-state index is 12.9. The standard InChI is InChI=1S/C84H156NO8P/c1-6-8-10-12-14-16-18-20-22-24-26-28-30-32-34-36-38-39-40-41-42-43-44-45-47-49-51-53-55-57-59-61-63-65-67-69-71-73-75-77-84(87)93-82(81-92-94(88,89)91-79-78-85(3,4)5)80-90-83(86)76-74-72-70-68-66-64-62-60-58-56-54-52-50-48-46-37-35-33-31-29-27-25-23-21-19-17-15-13-11-9-7-2/h8,10,14,16,20,22,25-28,32,34,82H,6-7,9,11-13,15,17-19,21,23-24,29-31,33,35-81H2,1-5H3/b10-8-,16-14-,22-20-,27-25-,28-26-,34-32-. The van der Waals surface area contributed by atoms with Crippen LogP contribution in [0, 0.1) is 0 Å². The molecule has 9 nitrogen and oxygen atoms in total. The van der Waals surface area contributed by atoms with Gasteiger partial charge in [-0.1, -0.05) is 376 Å². The summed E-state index contributed by atoms with van der Waals surface area (Å²) in [5.74, 6) is -0.810. The summed E-state index contributed by atoms with van der Waals surface area (Å²) in [5.41, 5.74) is 0. The minimum atomic E-state index is -4.64. The molecule has 2 atom stereocenters. The molecule has 0 heterocycles. The number of carbonyl (C=O) groups excluding carboxylic acids is 2. The Hall–Kier alpha value is -2.55. The van der Waals surface area contributed by atoms with Crippen LogP contribution in [0.5, 0.6) is 0 Å². The van der Waals surface area contributed by atoms with Crippen LogP contribution in [0.1, 0.15) is 399 Å². The molecule has 0 aromatic carbocycles. The van der Waals surface area contributed by atoms with Crippen molar-refractivity contribution in [1.82, 2.24) is 0 Å². The Morgan fingerprint density at radius 3 is 0.915 bits per heavy atom. The van der Waals surface area contributed by atoms with Gasteiger partial charge in [0, 0.05) is 12.8 Å². The summed E-state index contributed by atoms with van der Waals surface area (Å²) >= 11 is 0. The smallest absolute Gasteiger partial charge is 0.306 e. The predicted octanol–water partition coefficient (Wildman–Crippen LogP) is 26.4. The van der Waals surface area contributed by atoms with Gasteiger partial charge in [-0.3, -0.25) is 14.2 Å². The molecule has 0 radical (unpaired) electrons. The first kappa shape index (κ1) is 91.4. The van der Waals surface area contributed by atoms with Crippen molar-refractivity contribution in [3.8, 4) is 0 Å². The van der Waals surface area contributed by atoms with Crippen molar-refractivity contribution in [2.24, 2.45) is 0 Å². The number of unbranched alkanes of at least 4 members (excludes halogenated alkanes) is 50. The average molecular weight is 1340 g/mol. The van der Waals surface area contributed by atoms with Gasteiger partial charge in [0.05, 0.1) is 27.7 Å². The van der Waals surface area contributed by atoms with Crippen molar-refractivity contribution in [1.29, 1.82) is 0 Å². The molecule has 0 aliphatic rings. The Morgan fingerprint density at radius 2 is 0.606 bits per heavy atom. The molecule has 94 heavy (non-hydrogen) atoms. The van der Waals surface area contributed by atoms with E-state index >= 15 is 0 Å². The van der Waals surface area contributed by atoms with Gasteiger partial charge in [0.1, 0.15) is 19.8 Å². The third-order valence-corrected chi connectivity index (χ3v) is 19.2. The van der Waals surface area contributed by atoms with Crippen LogP contribution < -0.4 is 4.89 Å². The summed E-state index contributed by atoms with van der Waals surface area (Å²) in [6.07, 6.45) is 102. The number of ether oxygens (including phenoxy) is 2. The van der Waals surface area contributed by atoms with Crippen LogP contribution in [-0.4, -0.2) is 70.0 Å². The number of nitrogens with zero attached hydrogens (tertiary/aromatic N) is 1. The number of hydrogen-bond donors (Lipinski definition) is 0. The molecule has 0 saturated heterocycles. The third-order valence-electron chi connectivity index (χ3n) is 18.2. The highest BCUT2D eigenvalue weighted by molar-refractivity contribution is 7.45. The topological polar surface area (TPSA) is 111 Å². The molecule has 0 bridgehead atoms. The molecule has 10 heteroatoms. The van der Waals surface area contributed by atoms with Crippen LogP contribution in [0.25, 0.3) is 0 Å². The highest BCUT2D eigenvalue weighted by Crippen LogP contribution is 2.38. The Balaban J connectivity index is 3.91. The first-order chi connectivity index (χ1) is 46.0. The molecule has 0 spiro atoms. The Labute approximate surface area is 584 Å². The van der Waals surface area contributed by atoms with Crippen LogP contribution >= 0.6 is 7.82 Å². The number of rotatable bonds is 76. The Kier molecular flexibility index (Phi) is 72.6. The second-order valence-corrected chi connectivity index (χ2v) is 30.2. The second-order valence-electron chi connectivity index (χ2n) is 28.8. The number of phosphoric ester groups is 1. The summed E-state index contributed by atoms with van der Waals surface area (Å²) in [4.78, 5) is 38.2. The van der Waals surface area contributed by atoms with E-state index < -0.39 is 26.5 Å². The maximum absolute atomic E-state index is 12.9. The van der Waals surface area contributed by atoms with E-state index in [4.69, 9.17) is 18.5 Å². The van der Waals surface area contributed by atoms with Crippen LogP contribution in [0.4, 0.5) is 0 Å². The van der Waals surface area contributed by atoms with Gasteiger partial charge in [-0.25, -0.2) is 0 Å². The molecule has 0 aromatic rings. The summed E-state index contributed by atoms with van der Waals surface area (Å²) in [7, 11) is 1.19. The van der Waals surface area contributed by atoms with Gasteiger partial charge in [-0.05, 0) is 83.5 Å². The van der Waals surface area contributed by atoms with E-state index in [2.05, 4.69) is 86.8 Å². The van der Waals surface area contributed by atoms with E-state index in [0.717, 1.165) is 64.2 Å². The zero-order valence-electron chi connectivity index (χ0n) is 62.9. The molecule has 0 aliphatic heterocycles. The molecular formula is C84H156NO8P. The SMILES string of the molecule is CC/C=C\C/C=C\C/C=C\C/C=C\C/C=C\CCCCCCCCCCCCCCCCCCCCCCCCCC(=O)OC(COC(=O)CCCCCCCCCCCCCCCCCCCCC/C=C\CCCCCCCCCC)COP(=O)([O-])OCC[N+](C)(C)C. The number of hydrogen-bond acceptors (Lipinski definition) is 8. The number of carbonyl (C=O) groups is 2. The van der Waals surface area contributed by atoms with Crippen LogP contribution in [0.15, 0.2) is 72.9 Å². The lowest BCUT2D eigenvalue weighted by atomic mass is 10.0. The largest absolute Gasteiger partial charge is 0.756 e. The van der Waals surface area contributed by atoms with Crippen molar-refractivity contribution in [2.75, 3.05) is 47.5 Å². The summed E-state index contributed by atoms with van der Waals surface area (Å²) in [5, 5.41) is 0. The van der Waals surface area contributed by atoms with Gasteiger partial charge in [0.15, 0.2) is 6.10 Å². The molecule has 0 fully saturated rings. The third kappa shape index (κ3) is 78.4. The zero-order valence-corrected chi connectivity index (χ0v) is 63.8. The highest BCUT2D eigenvalue weighted by Gasteiger charge is 2.22. The normalized spacial score (nSPS) is 13.4. The number of allylic oxidation sites excluding steroid dienone is 12. The Morgan fingerprint density at radius 1 is 0.340 bits per heavy atom. The molecule has 2 unspecified atom stereocenters. The molecule has 0 aromatic heterocycles. The lowest BCUT2D eigenvalue weighted by molar-refractivity contribution is -0.870. The van der Waals surface area contributed by atoms with Gasteiger partial charge >= 0.3 is 11.9 Å². The van der Waals surface area contributed by atoms with Crippen molar-refractivity contribution >= 4 is 19.8 Å². The average Bonchev–Trinajstić information content (AvgIpc) is 1.56. The zero-order chi connectivity index (χ0) is 68.3. The molecular weight excluding hydrogens is 1180 g/mol. The number of likely N-dealkylation sites (N-methyl/N-ethyl adjacent to an activating group) is 1. The molecule has 550 valence electrons. The maximum Gasteiger partial charge on any atom is 0.306 e. The van der Waals surface area contributed by atoms with Gasteiger partial charge in [0.2, 0.25) is 0 Å². The first-order valence-corrected chi connectivity index (χ1v) is 42.1. The minimum Gasteiger partial charge on any atom is -0.756 e. The quantitative estimate of drug-likeness (QED) is 0.0195. The summed E-state index contributed by atoms with van der Waals surface area (Å²) < 4.78 is 34.4.